The summed E-state index contributed by atoms with van der Waals surface area (Å²) in [6, 6.07) is 18.0. The van der Waals surface area contributed by atoms with Gasteiger partial charge in [-0.15, -0.1) is 0 Å². The Morgan fingerprint density at radius 3 is 2.63 bits per heavy atom. The Hall–Kier alpha value is -3.91. The standard InChI is InChI=1S/C26H21ClFN3O4/c1-30(26(33)18-7-3-5-9-20(18)28)14-25(32)31-22(16-10-11-23-24(12-16)35-15-34-23)13-21(29-31)17-6-2-4-8-19(17)27/h2-12,22H,13-15H2,1H3. The Labute approximate surface area is 206 Å². The molecule has 7 nitrogen and oxygen atoms in total. The van der Waals surface area contributed by atoms with Crippen LogP contribution in [0.15, 0.2) is 71.8 Å². The Morgan fingerprint density at radius 2 is 1.83 bits per heavy atom. The zero-order valence-electron chi connectivity index (χ0n) is 18.8. The second kappa shape index (κ2) is 9.38. The zero-order valence-corrected chi connectivity index (χ0v) is 19.5. The van der Waals surface area contributed by atoms with Gasteiger partial charge < -0.3 is 14.4 Å². The Kier molecular flexibility index (Phi) is 6.13. The maximum Gasteiger partial charge on any atom is 0.262 e. The molecule has 2 heterocycles. The summed E-state index contributed by atoms with van der Waals surface area (Å²) in [4.78, 5) is 27.3. The van der Waals surface area contributed by atoms with Gasteiger partial charge in [0.25, 0.3) is 11.8 Å². The van der Waals surface area contributed by atoms with Crippen LogP contribution in [0, 0.1) is 5.82 Å². The number of rotatable bonds is 5. The van der Waals surface area contributed by atoms with Crippen molar-refractivity contribution in [2.45, 2.75) is 12.5 Å². The van der Waals surface area contributed by atoms with Crippen LogP contribution in [0.4, 0.5) is 4.39 Å². The molecule has 3 aromatic rings. The van der Waals surface area contributed by atoms with Crippen LogP contribution in [0.3, 0.4) is 0 Å². The fourth-order valence-corrected chi connectivity index (χ4v) is 4.41. The fourth-order valence-electron chi connectivity index (χ4n) is 4.17. The normalized spacial score (nSPS) is 16.3. The van der Waals surface area contributed by atoms with Crippen LogP contribution in [-0.4, -0.2) is 47.8 Å². The van der Waals surface area contributed by atoms with E-state index in [9.17, 15) is 14.0 Å². The van der Waals surface area contributed by atoms with Gasteiger partial charge in [0, 0.05) is 24.1 Å². The second-order valence-electron chi connectivity index (χ2n) is 8.24. The monoisotopic (exact) mass is 493 g/mol. The lowest BCUT2D eigenvalue weighted by Crippen LogP contribution is -2.39. The highest BCUT2D eigenvalue weighted by Crippen LogP contribution is 2.39. The molecule has 0 radical (unpaired) electrons. The number of hydrazone groups is 1. The van der Waals surface area contributed by atoms with Crippen molar-refractivity contribution in [3.63, 3.8) is 0 Å². The molecule has 0 N–H and O–H groups in total. The average molecular weight is 494 g/mol. The first-order valence-corrected chi connectivity index (χ1v) is 11.3. The smallest absolute Gasteiger partial charge is 0.262 e. The van der Waals surface area contributed by atoms with Gasteiger partial charge in [-0.3, -0.25) is 9.59 Å². The minimum atomic E-state index is -0.643. The quantitative estimate of drug-likeness (QED) is 0.518. The Bertz CT molecular complexity index is 1350. The molecule has 3 aromatic carbocycles. The van der Waals surface area contributed by atoms with E-state index in [-0.39, 0.29) is 18.9 Å². The number of carbonyl (C=O) groups excluding carboxylic acids is 2. The summed E-state index contributed by atoms with van der Waals surface area (Å²) in [6.07, 6.45) is 0.417. The maximum atomic E-state index is 14.1. The molecule has 0 bridgehead atoms. The number of benzene rings is 3. The lowest BCUT2D eigenvalue weighted by atomic mass is 9.98. The summed E-state index contributed by atoms with van der Waals surface area (Å²) < 4.78 is 25.0. The zero-order chi connectivity index (χ0) is 24.5. The molecule has 35 heavy (non-hydrogen) atoms. The third-order valence-electron chi connectivity index (χ3n) is 5.96. The number of amides is 2. The summed E-state index contributed by atoms with van der Waals surface area (Å²) in [7, 11) is 1.46. The van der Waals surface area contributed by atoms with E-state index in [0.717, 1.165) is 11.1 Å². The molecule has 0 spiro atoms. The summed E-state index contributed by atoms with van der Waals surface area (Å²) >= 11 is 6.40. The van der Waals surface area contributed by atoms with E-state index in [2.05, 4.69) is 5.10 Å². The number of hydrogen-bond acceptors (Lipinski definition) is 5. The van der Waals surface area contributed by atoms with E-state index in [4.69, 9.17) is 21.1 Å². The van der Waals surface area contributed by atoms with Gasteiger partial charge in [-0.25, -0.2) is 9.40 Å². The SMILES string of the molecule is CN(CC(=O)N1N=C(c2ccccc2Cl)CC1c1ccc2c(c1)OCO2)C(=O)c1ccccc1F. The molecule has 9 heteroatoms. The molecular weight excluding hydrogens is 473 g/mol. The number of fused-ring (bicyclic) bond motifs is 1. The van der Waals surface area contributed by atoms with Crippen molar-refractivity contribution < 1.29 is 23.5 Å². The van der Waals surface area contributed by atoms with Crippen LogP contribution in [0.5, 0.6) is 11.5 Å². The van der Waals surface area contributed by atoms with Crippen molar-refractivity contribution in [1.82, 2.24) is 9.91 Å². The lowest BCUT2D eigenvalue weighted by Gasteiger charge is -2.25. The van der Waals surface area contributed by atoms with Gasteiger partial charge in [-0.2, -0.15) is 5.10 Å². The van der Waals surface area contributed by atoms with Crippen LogP contribution >= 0.6 is 11.6 Å². The van der Waals surface area contributed by atoms with Gasteiger partial charge in [0.2, 0.25) is 6.79 Å². The minimum absolute atomic E-state index is 0.100. The molecule has 178 valence electrons. The highest BCUT2D eigenvalue weighted by Gasteiger charge is 2.35. The van der Waals surface area contributed by atoms with Gasteiger partial charge in [0.1, 0.15) is 12.4 Å². The van der Waals surface area contributed by atoms with E-state index < -0.39 is 23.7 Å². The molecular formula is C26H21ClFN3O4. The van der Waals surface area contributed by atoms with Gasteiger partial charge in [0.05, 0.1) is 17.3 Å². The van der Waals surface area contributed by atoms with Gasteiger partial charge >= 0.3 is 0 Å². The van der Waals surface area contributed by atoms with Crippen molar-refractivity contribution in [2.24, 2.45) is 5.10 Å². The first kappa shape index (κ1) is 22.9. The molecule has 2 amide bonds. The molecule has 1 unspecified atom stereocenters. The van der Waals surface area contributed by atoms with Crippen molar-refractivity contribution in [2.75, 3.05) is 20.4 Å². The third kappa shape index (κ3) is 4.44. The van der Waals surface area contributed by atoms with Crippen molar-refractivity contribution in [3.8, 4) is 11.5 Å². The highest BCUT2D eigenvalue weighted by atomic mass is 35.5. The molecule has 2 aliphatic heterocycles. The molecule has 5 rings (SSSR count). The van der Waals surface area contributed by atoms with Gasteiger partial charge in [-0.1, -0.05) is 48.0 Å². The molecule has 0 aliphatic carbocycles. The summed E-state index contributed by atoms with van der Waals surface area (Å²) in [5.74, 6) is -0.428. The van der Waals surface area contributed by atoms with Gasteiger partial charge in [0.15, 0.2) is 11.5 Å². The molecule has 0 saturated heterocycles. The Morgan fingerprint density at radius 1 is 1.09 bits per heavy atom. The lowest BCUT2D eigenvalue weighted by molar-refractivity contribution is -0.133. The Balaban J connectivity index is 1.44. The molecule has 0 fully saturated rings. The average Bonchev–Trinajstić information content (AvgIpc) is 3.51. The van der Waals surface area contributed by atoms with E-state index in [1.807, 2.05) is 30.3 Å². The van der Waals surface area contributed by atoms with Crippen molar-refractivity contribution in [1.29, 1.82) is 0 Å². The number of nitrogens with zero attached hydrogens (tertiary/aromatic N) is 3. The van der Waals surface area contributed by atoms with Crippen LogP contribution in [0.1, 0.15) is 33.9 Å². The van der Waals surface area contributed by atoms with Crippen LogP contribution in [-0.2, 0) is 4.79 Å². The van der Waals surface area contributed by atoms with E-state index in [1.165, 1.54) is 35.2 Å². The topological polar surface area (TPSA) is 71.4 Å². The second-order valence-corrected chi connectivity index (χ2v) is 8.65. The predicted molar refractivity (Wildman–Crippen MR) is 128 cm³/mol. The third-order valence-corrected chi connectivity index (χ3v) is 6.29. The van der Waals surface area contributed by atoms with Crippen LogP contribution < -0.4 is 9.47 Å². The van der Waals surface area contributed by atoms with Gasteiger partial charge in [-0.05, 0) is 35.9 Å². The number of halogens is 2. The summed E-state index contributed by atoms with van der Waals surface area (Å²) in [6.45, 7) is -0.149. The van der Waals surface area contributed by atoms with Crippen LogP contribution in [0.25, 0.3) is 0 Å². The van der Waals surface area contributed by atoms with E-state index in [1.54, 1.807) is 18.2 Å². The number of ether oxygens (including phenoxy) is 2. The predicted octanol–water partition coefficient (Wildman–Crippen LogP) is 4.66. The highest BCUT2D eigenvalue weighted by molar-refractivity contribution is 6.34. The van der Waals surface area contributed by atoms with Crippen molar-refractivity contribution >= 4 is 29.1 Å². The van der Waals surface area contributed by atoms with E-state index in [0.29, 0.717) is 28.7 Å². The first-order valence-electron chi connectivity index (χ1n) is 11.0. The number of hydrogen-bond donors (Lipinski definition) is 0. The fraction of sp³-hybridized carbons (Fsp3) is 0.192. The molecule has 2 aliphatic rings. The van der Waals surface area contributed by atoms with E-state index >= 15 is 0 Å². The minimum Gasteiger partial charge on any atom is -0.454 e. The molecule has 0 aromatic heterocycles. The number of likely N-dealkylation sites (N-methyl/N-ethyl adjacent to an activating group) is 1. The summed E-state index contributed by atoms with van der Waals surface area (Å²) in [5.41, 5.74) is 2.08. The van der Waals surface area contributed by atoms with Crippen LogP contribution in [0.2, 0.25) is 5.02 Å². The molecule has 0 saturated carbocycles. The largest absolute Gasteiger partial charge is 0.454 e. The summed E-state index contributed by atoms with van der Waals surface area (Å²) in [5, 5.41) is 6.49. The molecule has 1 atom stereocenters. The number of carbonyl (C=O) groups is 2. The first-order chi connectivity index (χ1) is 16.9. The maximum absolute atomic E-state index is 14.1. The van der Waals surface area contributed by atoms with Crippen molar-refractivity contribution in [3.05, 3.63) is 94.3 Å².